The van der Waals surface area contributed by atoms with Crippen LogP contribution in [0.3, 0.4) is 0 Å². The maximum absolute atomic E-state index is 2.35. The lowest BCUT2D eigenvalue weighted by Crippen LogP contribution is -2.13. The second-order valence-electron chi connectivity index (χ2n) is 3.86. The van der Waals surface area contributed by atoms with Gasteiger partial charge in [0.2, 0.25) is 0 Å². The Labute approximate surface area is 58.0 Å². The molecule has 0 nitrogen and oxygen atoms in total. The van der Waals surface area contributed by atoms with Gasteiger partial charge in [0.25, 0.3) is 0 Å². The minimum absolute atomic E-state index is 0.479. The van der Waals surface area contributed by atoms with Gasteiger partial charge in [0.05, 0.1) is 0 Å². The molecule has 0 heterocycles. The molecule has 0 fully saturated rings. The third-order valence-electron chi connectivity index (χ3n) is 2.12. The Kier molecular flexibility index (Phi) is 1.65. The summed E-state index contributed by atoms with van der Waals surface area (Å²) in [5.74, 6) is 0.818. The lowest BCUT2D eigenvalue weighted by Gasteiger charge is -2.26. The molecular formula is C9H16. The van der Waals surface area contributed by atoms with Crippen LogP contribution >= 0.6 is 0 Å². The number of allylic oxidation sites excluding steroid dienone is 2. The average molecular weight is 124 g/mol. The van der Waals surface area contributed by atoms with Crippen LogP contribution in [-0.2, 0) is 0 Å². The van der Waals surface area contributed by atoms with Crippen molar-refractivity contribution in [2.24, 2.45) is 11.3 Å². The van der Waals surface area contributed by atoms with Crippen molar-refractivity contribution in [2.45, 2.75) is 33.6 Å². The molecule has 0 bridgehead atoms. The van der Waals surface area contributed by atoms with E-state index in [-0.39, 0.29) is 0 Å². The third kappa shape index (κ3) is 1.85. The van der Waals surface area contributed by atoms with E-state index in [2.05, 4.69) is 32.9 Å². The Balaban J connectivity index is 2.58. The van der Waals surface area contributed by atoms with Crippen molar-refractivity contribution in [1.29, 1.82) is 0 Å². The summed E-state index contributed by atoms with van der Waals surface area (Å²) in [4.78, 5) is 0. The van der Waals surface area contributed by atoms with Crippen molar-refractivity contribution in [2.75, 3.05) is 0 Å². The van der Waals surface area contributed by atoms with Gasteiger partial charge in [0, 0.05) is 0 Å². The molecule has 0 aliphatic heterocycles. The highest BCUT2D eigenvalue weighted by atomic mass is 14.2. The minimum atomic E-state index is 0.479. The second-order valence-corrected chi connectivity index (χ2v) is 3.86. The summed E-state index contributed by atoms with van der Waals surface area (Å²) in [6.07, 6.45) is 7.40. The average Bonchev–Trinajstić information content (AvgIpc) is 1.78. The number of rotatable bonds is 0. The zero-order valence-electron chi connectivity index (χ0n) is 6.65. The van der Waals surface area contributed by atoms with E-state index >= 15 is 0 Å². The van der Waals surface area contributed by atoms with E-state index in [9.17, 15) is 0 Å². The molecular weight excluding hydrogens is 108 g/mol. The van der Waals surface area contributed by atoms with Crippen LogP contribution in [0.4, 0.5) is 0 Å². The molecule has 0 aromatic rings. The fourth-order valence-corrected chi connectivity index (χ4v) is 1.20. The van der Waals surface area contributed by atoms with Crippen LogP contribution in [-0.4, -0.2) is 0 Å². The van der Waals surface area contributed by atoms with Gasteiger partial charge in [-0.3, -0.25) is 0 Å². The summed E-state index contributed by atoms with van der Waals surface area (Å²) >= 11 is 0. The largest absolute Gasteiger partial charge is 0.0852 e. The Morgan fingerprint density at radius 2 is 2.11 bits per heavy atom. The predicted molar refractivity (Wildman–Crippen MR) is 41.3 cm³/mol. The monoisotopic (exact) mass is 124 g/mol. The summed E-state index contributed by atoms with van der Waals surface area (Å²) < 4.78 is 0. The van der Waals surface area contributed by atoms with Gasteiger partial charge < -0.3 is 0 Å². The molecule has 0 radical (unpaired) electrons. The molecule has 1 atom stereocenters. The lowest BCUT2D eigenvalue weighted by atomic mass is 9.79. The molecule has 1 rings (SSSR count). The van der Waals surface area contributed by atoms with Gasteiger partial charge in [-0.2, -0.15) is 0 Å². The Hall–Kier alpha value is -0.260. The molecule has 0 saturated heterocycles. The van der Waals surface area contributed by atoms with Gasteiger partial charge in [-0.05, 0) is 24.2 Å². The highest BCUT2D eigenvalue weighted by Crippen LogP contribution is 2.31. The van der Waals surface area contributed by atoms with Crippen molar-refractivity contribution in [3.8, 4) is 0 Å². The highest BCUT2D eigenvalue weighted by Gasteiger charge is 2.18. The van der Waals surface area contributed by atoms with Gasteiger partial charge in [0.1, 0.15) is 0 Å². The highest BCUT2D eigenvalue weighted by molar-refractivity contribution is 5.01. The maximum Gasteiger partial charge on any atom is -0.0175 e. The molecule has 52 valence electrons. The second kappa shape index (κ2) is 2.17. The van der Waals surface area contributed by atoms with Crippen LogP contribution in [0.15, 0.2) is 12.2 Å². The molecule has 0 N–H and O–H groups in total. The lowest BCUT2D eigenvalue weighted by molar-refractivity contribution is 0.370. The van der Waals surface area contributed by atoms with Crippen molar-refractivity contribution in [1.82, 2.24) is 0 Å². The molecule has 1 aliphatic carbocycles. The molecule has 0 aromatic carbocycles. The molecule has 1 aliphatic rings. The SMILES string of the molecule is C[C@@H]1C=CC(C)(C)CC1. The summed E-state index contributed by atoms with van der Waals surface area (Å²) in [6.45, 7) is 6.89. The van der Waals surface area contributed by atoms with Crippen LogP contribution in [0, 0.1) is 11.3 Å². The quantitative estimate of drug-likeness (QED) is 0.435. The van der Waals surface area contributed by atoms with E-state index in [1.54, 1.807) is 0 Å². The molecule has 0 spiro atoms. The predicted octanol–water partition coefficient (Wildman–Crippen LogP) is 3.00. The van der Waals surface area contributed by atoms with Crippen molar-refractivity contribution in [3.63, 3.8) is 0 Å². The number of hydrogen-bond acceptors (Lipinski definition) is 0. The third-order valence-corrected chi connectivity index (χ3v) is 2.12. The number of hydrogen-bond donors (Lipinski definition) is 0. The van der Waals surface area contributed by atoms with E-state index in [0.29, 0.717) is 5.41 Å². The first-order valence-electron chi connectivity index (χ1n) is 3.79. The standard InChI is InChI=1S/C9H16/c1-8-4-6-9(2,3)7-5-8/h4,6,8H,5,7H2,1-3H3/t8-/m1/s1. The fourth-order valence-electron chi connectivity index (χ4n) is 1.20. The van der Waals surface area contributed by atoms with E-state index < -0.39 is 0 Å². The summed E-state index contributed by atoms with van der Waals surface area (Å²) in [7, 11) is 0. The topological polar surface area (TPSA) is 0 Å². The molecule has 0 aromatic heterocycles. The van der Waals surface area contributed by atoms with E-state index in [1.807, 2.05) is 0 Å². The molecule has 0 amide bonds. The van der Waals surface area contributed by atoms with Gasteiger partial charge >= 0.3 is 0 Å². The molecule has 0 heteroatoms. The van der Waals surface area contributed by atoms with Crippen LogP contribution in [0.2, 0.25) is 0 Å². The minimum Gasteiger partial charge on any atom is -0.0852 e. The zero-order chi connectivity index (χ0) is 6.91. The molecule has 0 unspecified atom stereocenters. The normalized spacial score (nSPS) is 32.6. The van der Waals surface area contributed by atoms with Crippen LogP contribution < -0.4 is 0 Å². The van der Waals surface area contributed by atoms with Gasteiger partial charge in [0.15, 0.2) is 0 Å². The Morgan fingerprint density at radius 1 is 1.44 bits per heavy atom. The van der Waals surface area contributed by atoms with E-state index in [4.69, 9.17) is 0 Å². The van der Waals surface area contributed by atoms with Crippen molar-refractivity contribution in [3.05, 3.63) is 12.2 Å². The Bertz CT molecular complexity index is 120. The van der Waals surface area contributed by atoms with Gasteiger partial charge in [-0.15, -0.1) is 0 Å². The van der Waals surface area contributed by atoms with E-state index in [1.165, 1.54) is 12.8 Å². The summed E-state index contributed by atoms with van der Waals surface area (Å²) in [6, 6.07) is 0. The van der Waals surface area contributed by atoms with Crippen molar-refractivity contribution >= 4 is 0 Å². The summed E-state index contributed by atoms with van der Waals surface area (Å²) in [5, 5.41) is 0. The van der Waals surface area contributed by atoms with Crippen LogP contribution in [0.25, 0.3) is 0 Å². The summed E-state index contributed by atoms with van der Waals surface area (Å²) in [5.41, 5.74) is 0.479. The van der Waals surface area contributed by atoms with Crippen LogP contribution in [0.5, 0.6) is 0 Å². The first-order chi connectivity index (χ1) is 4.10. The Morgan fingerprint density at radius 3 is 2.44 bits per heavy atom. The van der Waals surface area contributed by atoms with Crippen LogP contribution in [0.1, 0.15) is 33.6 Å². The van der Waals surface area contributed by atoms with Crippen molar-refractivity contribution < 1.29 is 0 Å². The first kappa shape index (κ1) is 6.85. The maximum atomic E-state index is 2.35. The van der Waals surface area contributed by atoms with Gasteiger partial charge in [-0.25, -0.2) is 0 Å². The molecule has 9 heavy (non-hydrogen) atoms. The fraction of sp³-hybridized carbons (Fsp3) is 0.778. The zero-order valence-corrected chi connectivity index (χ0v) is 6.65. The smallest absolute Gasteiger partial charge is 0.0175 e. The first-order valence-corrected chi connectivity index (χ1v) is 3.79. The van der Waals surface area contributed by atoms with E-state index in [0.717, 1.165) is 5.92 Å². The van der Waals surface area contributed by atoms with Gasteiger partial charge in [-0.1, -0.05) is 32.9 Å². The molecule has 0 saturated carbocycles.